The van der Waals surface area contributed by atoms with Gasteiger partial charge in [-0.15, -0.1) is 0 Å². The van der Waals surface area contributed by atoms with Crippen molar-refractivity contribution in [2.24, 2.45) is 16.8 Å². The van der Waals surface area contributed by atoms with Gasteiger partial charge in [-0.25, -0.2) is 14.6 Å². The normalized spacial score (nSPS) is 19.4. The standard InChI is InChI=1S/C41H51N7O6/c1-24(2)35(45-40(51)53-5)38(49)47-19-7-9-33(47)31-21-30(22-42-31)28-13-11-26(12-14-28)27-15-17-29(18-16-27)32-23-43-37(44-32)34-10-8-20-48(34)39(50)36(25(3)4)46-41(52)54-6/h11-18,22-25,33-36H,7-10,19-21H2,1-6H3,(H,43,44)(H,45,51)(H,46,52)/t33?,34-,35-,36-/m0/s1. The molecule has 0 radical (unpaired) electrons. The average Bonchev–Trinajstić information content (AvgIpc) is 4.02. The molecule has 4 atom stereocenters. The summed E-state index contributed by atoms with van der Waals surface area (Å²) in [6.45, 7) is 8.87. The third-order valence-corrected chi connectivity index (χ3v) is 10.7. The molecule has 286 valence electrons. The molecule has 0 spiro atoms. The van der Waals surface area contributed by atoms with Crippen molar-refractivity contribution >= 4 is 35.3 Å². The Kier molecular flexibility index (Phi) is 11.8. The van der Waals surface area contributed by atoms with Crippen LogP contribution in [0.2, 0.25) is 0 Å². The summed E-state index contributed by atoms with van der Waals surface area (Å²) in [7, 11) is 2.59. The number of amides is 4. The molecule has 6 rings (SSSR count). The Labute approximate surface area is 316 Å². The van der Waals surface area contributed by atoms with Gasteiger partial charge in [0.15, 0.2) is 0 Å². The number of nitrogens with one attached hydrogen (secondary N) is 3. The average molecular weight is 738 g/mol. The number of benzene rings is 2. The Morgan fingerprint density at radius 1 is 0.722 bits per heavy atom. The highest BCUT2D eigenvalue weighted by molar-refractivity contribution is 6.04. The van der Waals surface area contributed by atoms with Crippen molar-refractivity contribution in [2.45, 2.75) is 84.0 Å². The van der Waals surface area contributed by atoms with Gasteiger partial charge in [0.1, 0.15) is 17.9 Å². The van der Waals surface area contributed by atoms with Crippen LogP contribution >= 0.6 is 0 Å². The zero-order chi connectivity index (χ0) is 38.5. The predicted octanol–water partition coefficient (Wildman–Crippen LogP) is 6.35. The minimum Gasteiger partial charge on any atom is -0.453 e. The summed E-state index contributed by atoms with van der Waals surface area (Å²) in [5, 5.41) is 5.41. The van der Waals surface area contributed by atoms with E-state index in [1.54, 1.807) is 6.20 Å². The Bertz CT molecular complexity index is 1900. The first-order valence-electron chi connectivity index (χ1n) is 18.8. The molecule has 0 bridgehead atoms. The lowest BCUT2D eigenvalue weighted by Crippen LogP contribution is -2.53. The zero-order valence-electron chi connectivity index (χ0n) is 31.9. The van der Waals surface area contributed by atoms with Gasteiger partial charge in [-0.3, -0.25) is 14.6 Å². The summed E-state index contributed by atoms with van der Waals surface area (Å²) < 4.78 is 9.52. The minimum atomic E-state index is -0.684. The van der Waals surface area contributed by atoms with E-state index in [1.807, 2.05) is 43.7 Å². The first-order chi connectivity index (χ1) is 26.0. The summed E-state index contributed by atoms with van der Waals surface area (Å²) >= 11 is 0. The first-order valence-corrected chi connectivity index (χ1v) is 18.8. The number of imidazole rings is 1. The Balaban J connectivity index is 1.07. The number of carbonyl (C=O) groups excluding carboxylic acids is 4. The van der Waals surface area contributed by atoms with Crippen LogP contribution in [0.1, 0.15) is 77.2 Å². The molecule has 0 aliphatic carbocycles. The lowest BCUT2D eigenvalue weighted by Gasteiger charge is -2.31. The fourth-order valence-electron chi connectivity index (χ4n) is 7.65. The number of methoxy groups -OCH3 is 2. The van der Waals surface area contributed by atoms with Gasteiger partial charge < -0.3 is 34.9 Å². The fourth-order valence-corrected chi connectivity index (χ4v) is 7.65. The summed E-state index contributed by atoms with van der Waals surface area (Å²) in [5.41, 5.74) is 7.18. The van der Waals surface area contributed by atoms with Crippen molar-refractivity contribution in [2.75, 3.05) is 27.3 Å². The van der Waals surface area contributed by atoms with Crippen molar-refractivity contribution in [1.82, 2.24) is 30.4 Å². The largest absolute Gasteiger partial charge is 0.453 e. The van der Waals surface area contributed by atoms with Crippen LogP contribution in [0.4, 0.5) is 9.59 Å². The number of carbonyl (C=O) groups is 4. The van der Waals surface area contributed by atoms with E-state index < -0.39 is 24.3 Å². The molecule has 3 aliphatic rings. The molecular formula is C41H51N7O6. The molecule has 1 unspecified atom stereocenters. The Morgan fingerprint density at radius 3 is 1.72 bits per heavy atom. The number of hydrogen-bond donors (Lipinski definition) is 3. The number of aromatic nitrogens is 2. The van der Waals surface area contributed by atoms with Gasteiger partial charge in [-0.1, -0.05) is 76.2 Å². The Hall–Kier alpha value is -5.46. The number of nitrogens with zero attached hydrogens (tertiary/aromatic N) is 4. The molecule has 54 heavy (non-hydrogen) atoms. The van der Waals surface area contributed by atoms with Crippen LogP contribution in [0, 0.1) is 11.8 Å². The SMILES string of the molecule is COC(=O)N[C@H](C(=O)N1CCCC1C1=NC=C(c2ccc(-c3ccc(-c4cnc([C@@H]5CCCN5C(=O)[C@@H](NC(=O)OC)C(C)C)[nH]4)cc3)cc2)C1)C(C)C. The van der Waals surface area contributed by atoms with Gasteiger partial charge in [0.05, 0.1) is 38.2 Å². The highest BCUT2D eigenvalue weighted by Crippen LogP contribution is 2.34. The second-order valence-corrected chi connectivity index (χ2v) is 14.9. The second-order valence-electron chi connectivity index (χ2n) is 14.9. The topological polar surface area (TPSA) is 158 Å². The number of ether oxygens (including phenoxy) is 2. The van der Waals surface area contributed by atoms with Gasteiger partial charge in [-0.2, -0.15) is 0 Å². The van der Waals surface area contributed by atoms with Crippen LogP contribution < -0.4 is 10.6 Å². The van der Waals surface area contributed by atoms with Crippen molar-refractivity contribution < 1.29 is 28.7 Å². The van der Waals surface area contributed by atoms with Crippen molar-refractivity contribution in [1.29, 1.82) is 0 Å². The number of rotatable bonds is 11. The number of allylic oxidation sites excluding steroid dienone is 1. The molecular weight excluding hydrogens is 686 g/mol. The molecule has 4 amide bonds. The van der Waals surface area contributed by atoms with Crippen LogP contribution in [0.3, 0.4) is 0 Å². The smallest absolute Gasteiger partial charge is 0.407 e. The molecule has 13 nitrogen and oxygen atoms in total. The number of likely N-dealkylation sites (tertiary alicyclic amines) is 2. The molecule has 3 aliphatic heterocycles. The number of aliphatic imine (C=N–C) groups is 1. The monoisotopic (exact) mass is 737 g/mol. The quantitative estimate of drug-likeness (QED) is 0.207. The van der Waals surface area contributed by atoms with E-state index in [9.17, 15) is 19.2 Å². The van der Waals surface area contributed by atoms with E-state index in [4.69, 9.17) is 14.5 Å². The summed E-state index contributed by atoms with van der Waals surface area (Å²) in [6, 6.07) is 15.1. The molecule has 0 saturated carbocycles. The van der Waals surface area contributed by atoms with Crippen LogP contribution in [-0.4, -0.2) is 94.9 Å². The van der Waals surface area contributed by atoms with Gasteiger partial charge in [-0.05, 0) is 65.3 Å². The number of H-pyrrole nitrogens is 1. The molecule has 2 aromatic carbocycles. The van der Waals surface area contributed by atoms with Gasteiger partial charge in [0, 0.05) is 31.4 Å². The lowest BCUT2D eigenvalue weighted by molar-refractivity contribution is -0.135. The maximum Gasteiger partial charge on any atom is 0.407 e. The number of hydrogen-bond acceptors (Lipinski definition) is 8. The summed E-state index contributed by atoms with van der Waals surface area (Å²) in [4.78, 5) is 67.5. The van der Waals surface area contributed by atoms with Crippen LogP contribution in [0.5, 0.6) is 0 Å². The molecule has 4 heterocycles. The molecule has 3 aromatic rings. The van der Waals surface area contributed by atoms with Crippen LogP contribution in [0.15, 0.2) is 65.9 Å². The minimum absolute atomic E-state index is 0.0837. The third-order valence-electron chi connectivity index (χ3n) is 10.7. The summed E-state index contributed by atoms with van der Waals surface area (Å²) in [5.74, 6) is 0.306. The van der Waals surface area contributed by atoms with Gasteiger partial charge in [0.25, 0.3) is 0 Å². The summed E-state index contributed by atoms with van der Waals surface area (Å²) in [6.07, 6.45) is 6.52. The van der Waals surface area contributed by atoms with Crippen molar-refractivity contribution in [3.05, 3.63) is 72.3 Å². The van der Waals surface area contributed by atoms with E-state index in [-0.39, 0.29) is 35.7 Å². The molecule has 13 heteroatoms. The van der Waals surface area contributed by atoms with E-state index in [0.717, 1.165) is 70.7 Å². The van der Waals surface area contributed by atoms with Gasteiger partial charge >= 0.3 is 12.2 Å². The van der Waals surface area contributed by atoms with E-state index in [2.05, 4.69) is 69.1 Å². The van der Waals surface area contributed by atoms with Crippen LogP contribution in [0.25, 0.3) is 28.0 Å². The van der Waals surface area contributed by atoms with E-state index >= 15 is 0 Å². The maximum absolute atomic E-state index is 13.5. The zero-order valence-corrected chi connectivity index (χ0v) is 31.9. The second kappa shape index (κ2) is 16.7. The molecule has 2 saturated heterocycles. The highest BCUT2D eigenvalue weighted by atomic mass is 16.5. The Morgan fingerprint density at radius 2 is 1.20 bits per heavy atom. The third kappa shape index (κ3) is 8.19. The van der Waals surface area contributed by atoms with E-state index in [1.165, 1.54) is 14.2 Å². The van der Waals surface area contributed by atoms with Crippen molar-refractivity contribution in [3.8, 4) is 22.4 Å². The lowest BCUT2D eigenvalue weighted by atomic mass is 9.95. The highest BCUT2D eigenvalue weighted by Gasteiger charge is 2.39. The molecule has 1 aromatic heterocycles. The predicted molar refractivity (Wildman–Crippen MR) is 206 cm³/mol. The molecule has 3 N–H and O–H groups in total. The fraction of sp³-hybridized carbons (Fsp3) is 0.463. The van der Waals surface area contributed by atoms with E-state index in [0.29, 0.717) is 19.5 Å². The maximum atomic E-state index is 13.5. The molecule has 2 fully saturated rings. The van der Waals surface area contributed by atoms with Crippen LogP contribution in [-0.2, 0) is 19.1 Å². The number of alkyl carbamates (subject to hydrolysis) is 2. The first kappa shape index (κ1) is 38.3. The number of aromatic amines is 1. The van der Waals surface area contributed by atoms with Crippen molar-refractivity contribution in [3.63, 3.8) is 0 Å². The van der Waals surface area contributed by atoms with Gasteiger partial charge in [0.2, 0.25) is 11.8 Å².